The normalized spacial score (nSPS) is 24.2. The zero-order chi connectivity index (χ0) is 18.1. The Morgan fingerprint density at radius 3 is 3.04 bits per heavy atom. The third-order valence-electron chi connectivity index (χ3n) is 4.29. The number of urea groups is 1. The molecule has 1 aromatic carbocycles. The maximum absolute atomic E-state index is 12.1. The highest BCUT2D eigenvalue weighted by Crippen LogP contribution is 2.35. The second-order valence-electron chi connectivity index (χ2n) is 6.09. The lowest BCUT2D eigenvalue weighted by Crippen LogP contribution is -2.24. The molecule has 9 nitrogen and oxygen atoms in total. The summed E-state index contributed by atoms with van der Waals surface area (Å²) >= 11 is 1.17. The Morgan fingerprint density at radius 1 is 1.35 bits per heavy atom. The van der Waals surface area contributed by atoms with Crippen molar-refractivity contribution in [2.75, 3.05) is 23.8 Å². The van der Waals surface area contributed by atoms with Gasteiger partial charge in [-0.2, -0.15) is 0 Å². The number of aliphatic hydroxyl groups excluding tert-OH is 2. The number of benzene rings is 1. The Bertz CT molecular complexity index is 814. The van der Waals surface area contributed by atoms with Gasteiger partial charge in [0.25, 0.3) is 0 Å². The third-order valence-corrected chi connectivity index (χ3v) is 5.22. The van der Waals surface area contributed by atoms with Crippen molar-refractivity contribution >= 4 is 28.2 Å². The third kappa shape index (κ3) is 3.49. The lowest BCUT2D eigenvalue weighted by atomic mass is 10.1. The van der Waals surface area contributed by atoms with Gasteiger partial charge in [-0.05, 0) is 23.8 Å². The Hall–Kier alpha value is -2.27. The second-order valence-corrected chi connectivity index (χ2v) is 7.10. The van der Waals surface area contributed by atoms with Crippen LogP contribution >= 0.6 is 11.3 Å². The van der Waals surface area contributed by atoms with Gasteiger partial charge in [0.1, 0.15) is 23.0 Å². The van der Waals surface area contributed by atoms with Crippen LogP contribution in [0.25, 0.3) is 0 Å². The number of hydrogen-bond acceptors (Lipinski definition) is 8. The smallest absolute Gasteiger partial charge is 0.325 e. The topological polar surface area (TPSA) is 126 Å². The van der Waals surface area contributed by atoms with Crippen molar-refractivity contribution in [2.24, 2.45) is 0 Å². The van der Waals surface area contributed by atoms with Crippen LogP contribution in [0.5, 0.6) is 5.75 Å². The minimum atomic E-state index is -0.739. The average molecular weight is 378 g/mol. The summed E-state index contributed by atoms with van der Waals surface area (Å²) in [4.78, 5) is 12.1. The number of nitrogens with zero attached hydrogens (tertiary/aromatic N) is 2. The molecular weight excluding hydrogens is 360 g/mol. The van der Waals surface area contributed by atoms with Crippen LogP contribution in [0.15, 0.2) is 18.2 Å². The Labute approximate surface area is 153 Å². The molecule has 26 heavy (non-hydrogen) atoms. The van der Waals surface area contributed by atoms with Crippen molar-refractivity contribution in [3.63, 3.8) is 0 Å². The van der Waals surface area contributed by atoms with Crippen LogP contribution in [0.3, 0.4) is 0 Å². The summed E-state index contributed by atoms with van der Waals surface area (Å²) in [6.45, 7) is 0.406. The number of carbonyl (C=O) groups is 1. The number of nitrogens with one attached hydrogen (secondary N) is 2. The van der Waals surface area contributed by atoms with Gasteiger partial charge < -0.3 is 25.0 Å². The molecular formula is C16H18N4O5S. The monoisotopic (exact) mass is 378 g/mol. The number of ether oxygens (including phenoxy) is 2. The van der Waals surface area contributed by atoms with Crippen molar-refractivity contribution in [2.45, 2.75) is 31.2 Å². The van der Waals surface area contributed by atoms with Crippen LogP contribution in [0.2, 0.25) is 0 Å². The molecule has 1 aromatic heterocycles. The van der Waals surface area contributed by atoms with Crippen LogP contribution in [0, 0.1) is 0 Å². The van der Waals surface area contributed by atoms with Crippen molar-refractivity contribution in [3.05, 3.63) is 28.8 Å². The zero-order valence-electron chi connectivity index (χ0n) is 13.7. The fourth-order valence-corrected chi connectivity index (χ4v) is 3.78. The van der Waals surface area contributed by atoms with Gasteiger partial charge in [-0.15, -0.1) is 10.2 Å². The van der Waals surface area contributed by atoms with E-state index in [2.05, 4.69) is 20.8 Å². The first kappa shape index (κ1) is 17.2. The summed E-state index contributed by atoms with van der Waals surface area (Å²) < 4.78 is 11.0. The van der Waals surface area contributed by atoms with Crippen LogP contribution in [0.4, 0.5) is 15.6 Å². The van der Waals surface area contributed by atoms with E-state index in [1.54, 1.807) is 6.07 Å². The molecule has 0 radical (unpaired) electrons. The number of carbonyl (C=O) groups excluding carboxylic acids is 1. The van der Waals surface area contributed by atoms with E-state index in [1.807, 2.05) is 12.1 Å². The first-order valence-electron chi connectivity index (χ1n) is 8.24. The number of hydrogen-bond donors (Lipinski definition) is 4. The number of rotatable bonds is 4. The van der Waals surface area contributed by atoms with Gasteiger partial charge in [0.15, 0.2) is 0 Å². The highest BCUT2D eigenvalue weighted by molar-refractivity contribution is 7.15. The molecule has 2 aromatic rings. The number of amides is 2. The quantitative estimate of drug-likeness (QED) is 0.632. The number of anilines is 2. The van der Waals surface area contributed by atoms with E-state index < -0.39 is 24.3 Å². The summed E-state index contributed by atoms with van der Waals surface area (Å²) in [6.07, 6.45) is -0.628. The van der Waals surface area contributed by atoms with Crippen LogP contribution in [-0.4, -0.2) is 51.9 Å². The molecule has 0 unspecified atom stereocenters. The predicted octanol–water partition coefficient (Wildman–Crippen LogP) is 1.30. The number of aliphatic hydroxyl groups is 2. The van der Waals surface area contributed by atoms with E-state index in [0.717, 1.165) is 17.7 Å². The Morgan fingerprint density at radius 2 is 2.23 bits per heavy atom. The van der Waals surface area contributed by atoms with E-state index in [0.29, 0.717) is 28.9 Å². The molecule has 1 fully saturated rings. The van der Waals surface area contributed by atoms with Crippen molar-refractivity contribution < 1.29 is 24.5 Å². The maximum atomic E-state index is 12.1. The van der Waals surface area contributed by atoms with Crippen molar-refractivity contribution in [1.29, 1.82) is 0 Å². The van der Waals surface area contributed by atoms with Crippen molar-refractivity contribution in [1.82, 2.24) is 10.2 Å². The summed E-state index contributed by atoms with van der Waals surface area (Å²) in [7, 11) is 0. The summed E-state index contributed by atoms with van der Waals surface area (Å²) in [6, 6.07) is 5.07. The van der Waals surface area contributed by atoms with Gasteiger partial charge in [-0.25, -0.2) is 4.79 Å². The lowest BCUT2D eigenvalue weighted by Gasteiger charge is -2.09. The van der Waals surface area contributed by atoms with E-state index in [9.17, 15) is 9.90 Å². The first-order chi connectivity index (χ1) is 12.6. The zero-order valence-corrected chi connectivity index (χ0v) is 14.5. The van der Waals surface area contributed by atoms with Gasteiger partial charge >= 0.3 is 6.03 Å². The largest absolute Gasteiger partial charge is 0.493 e. The summed E-state index contributed by atoms with van der Waals surface area (Å²) in [5, 5.41) is 33.1. The van der Waals surface area contributed by atoms with E-state index in [4.69, 9.17) is 14.6 Å². The number of aromatic nitrogens is 2. The molecule has 138 valence electrons. The van der Waals surface area contributed by atoms with E-state index in [1.165, 1.54) is 11.3 Å². The van der Waals surface area contributed by atoms with E-state index in [-0.39, 0.29) is 6.61 Å². The molecule has 0 bridgehead atoms. The summed E-state index contributed by atoms with van der Waals surface area (Å²) in [5.74, 6) is 0.852. The van der Waals surface area contributed by atoms with Gasteiger partial charge in [-0.3, -0.25) is 5.32 Å². The minimum Gasteiger partial charge on any atom is -0.493 e. The molecule has 0 spiro atoms. The van der Waals surface area contributed by atoms with E-state index >= 15 is 0 Å². The standard InChI is InChI=1S/C16H18N4O5S/c21-7-13-10(22)6-12(25-13)14-19-20-16(26-14)18-15(23)17-9-1-2-11-8(5-9)3-4-24-11/h1-2,5,10,12-13,21-22H,3-4,6-7H2,(H2,17,18,20,23)/t10-,12+,13+/m0/s1. The average Bonchev–Trinajstić information content (AvgIpc) is 3.33. The van der Waals surface area contributed by atoms with Crippen LogP contribution in [-0.2, 0) is 11.2 Å². The molecule has 0 aliphatic carbocycles. The second kappa shape index (κ2) is 7.16. The predicted molar refractivity (Wildman–Crippen MR) is 93.5 cm³/mol. The lowest BCUT2D eigenvalue weighted by molar-refractivity contribution is -0.0227. The molecule has 2 aliphatic heterocycles. The van der Waals surface area contributed by atoms with Gasteiger partial charge in [0.05, 0.1) is 19.3 Å². The summed E-state index contributed by atoms with van der Waals surface area (Å²) in [5.41, 5.74) is 1.74. The van der Waals surface area contributed by atoms with Gasteiger partial charge in [-0.1, -0.05) is 11.3 Å². The molecule has 2 amide bonds. The Kier molecular flexibility index (Phi) is 4.72. The SMILES string of the molecule is O=C(Nc1ccc2c(c1)CCO2)Nc1nnc([C@H]2C[C@H](O)[C@@H](CO)O2)s1. The molecule has 4 rings (SSSR count). The molecule has 2 aliphatic rings. The minimum absolute atomic E-state index is 0.254. The highest BCUT2D eigenvalue weighted by atomic mass is 32.1. The molecule has 1 saturated heterocycles. The van der Waals surface area contributed by atoms with Crippen LogP contribution < -0.4 is 15.4 Å². The molecule has 4 N–H and O–H groups in total. The molecule has 3 heterocycles. The first-order valence-corrected chi connectivity index (χ1v) is 9.05. The van der Waals surface area contributed by atoms with Crippen molar-refractivity contribution in [3.8, 4) is 5.75 Å². The maximum Gasteiger partial charge on any atom is 0.325 e. The Balaban J connectivity index is 1.36. The molecule has 0 saturated carbocycles. The highest BCUT2D eigenvalue weighted by Gasteiger charge is 2.36. The number of fused-ring (bicyclic) bond motifs is 1. The molecule has 3 atom stereocenters. The van der Waals surface area contributed by atoms with Gasteiger partial charge in [0.2, 0.25) is 5.13 Å². The molecule has 10 heteroatoms. The van der Waals surface area contributed by atoms with Gasteiger partial charge in [0, 0.05) is 18.5 Å². The van der Waals surface area contributed by atoms with Crippen LogP contribution in [0.1, 0.15) is 23.1 Å². The fourth-order valence-electron chi connectivity index (χ4n) is 2.99. The fraction of sp³-hybridized carbons (Fsp3) is 0.438.